The van der Waals surface area contributed by atoms with E-state index in [1.165, 1.54) is 82.4 Å². The van der Waals surface area contributed by atoms with Crippen molar-refractivity contribution in [3.63, 3.8) is 0 Å². The minimum absolute atomic E-state index is 0.994. The van der Waals surface area contributed by atoms with Crippen molar-refractivity contribution in [3.8, 4) is 22.3 Å². The van der Waals surface area contributed by atoms with Gasteiger partial charge in [0.05, 0.1) is 0 Å². The molecule has 0 saturated heterocycles. The molecule has 0 N–H and O–H groups in total. The number of nitrogens with zero attached hydrogens (tertiary/aromatic N) is 3. The lowest BCUT2D eigenvalue weighted by atomic mass is 9.80. The molecule has 0 saturated carbocycles. The lowest BCUT2D eigenvalue weighted by Gasteiger charge is -2.29. The number of allylic oxidation sites excluding steroid dienone is 4. The summed E-state index contributed by atoms with van der Waals surface area (Å²) in [5.41, 5.74) is 22.1. The van der Waals surface area contributed by atoms with E-state index in [4.69, 9.17) is 0 Å². The van der Waals surface area contributed by atoms with Crippen LogP contribution in [0.5, 0.6) is 0 Å². The molecule has 380 valence electrons. The largest absolute Gasteiger partial charge is 0.311 e. The second-order valence-electron chi connectivity index (χ2n) is 21.1. The Kier molecular flexibility index (Phi) is 13.0. The molecule has 13 rings (SSSR count). The molecule has 1 aliphatic rings. The summed E-state index contributed by atoms with van der Waals surface area (Å²) < 4.78 is 0. The van der Waals surface area contributed by atoms with Gasteiger partial charge in [-0.15, -0.1) is 0 Å². The monoisotopic (exact) mass is 1020 g/mol. The fourth-order valence-corrected chi connectivity index (χ4v) is 12.0. The second kappa shape index (κ2) is 21.0. The first-order valence-corrected chi connectivity index (χ1v) is 27.6. The van der Waals surface area contributed by atoms with E-state index in [1.807, 2.05) is 0 Å². The highest BCUT2D eigenvalue weighted by molar-refractivity contribution is 6.33. The van der Waals surface area contributed by atoms with Crippen molar-refractivity contribution >= 4 is 89.1 Å². The molecule has 12 aromatic rings. The molecule has 1 aliphatic carbocycles. The van der Waals surface area contributed by atoms with Crippen molar-refractivity contribution in [1.82, 2.24) is 0 Å². The first-order chi connectivity index (χ1) is 38.8. The van der Waals surface area contributed by atoms with E-state index >= 15 is 0 Å². The first-order valence-electron chi connectivity index (χ1n) is 27.6. The minimum atomic E-state index is 0.994. The number of hydrogen-bond donors (Lipinski definition) is 0. The molecule has 0 aliphatic heterocycles. The molecular formula is C76H61N3. The number of aryl methyl sites for hydroxylation is 4. The fraction of sp³-hybridized carbons (Fsp3) is 0.0789. The molecule has 0 heterocycles. The highest BCUT2D eigenvalue weighted by Gasteiger charge is 2.25. The number of rotatable bonds is 12. The molecule has 0 amide bonds. The van der Waals surface area contributed by atoms with Crippen molar-refractivity contribution in [3.05, 3.63) is 301 Å². The van der Waals surface area contributed by atoms with Crippen LogP contribution in [0.2, 0.25) is 0 Å². The zero-order valence-electron chi connectivity index (χ0n) is 45.2. The van der Waals surface area contributed by atoms with E-state index < -0.39 is 0 Å². The quantitative estimate of drug-likeness (QED) is 0.113. The zero-order valence-corrected chi connectivity index (χ0v) is 45.2. The van der Waals surface area contributed by atoms with Gasteiger partial charge in [0.1, 0.15) is 0 Å². The maximum Gasteiger partial charge on any atom is 0.0468 e. The second-order valence-corrected chi connectivity index (χ2v) is 21.1. The highest BCUT2D eigenvalue weighted by atomic mass is 15.2. The molecule has 0 spiro atoms. The van der Waals surface area contributed by atoms with Crippen molar-refractivity contribution in [1.29, 1.82) is 0 Å². The van der Waals surface area contributed by atoms with Crippen LogP contribution in [-0.4, -0.2) is 0 Å². The Hall–Kier alpha value is -9.70. The molecule has 79 heavy (non-hydrogen) atoms. The van der Waals surface area contributed by atoms with Gasteiger partial charge in [0.25, 0.3) is 0 Å². The van der Waals surface area contributed by atoms with Crippen molar-refractivity contribution in [2.45, 2.75) is 40.5 Å². The summed E-state index contributed by atoms with van der Waals surface area (Å²) in [5, 5.41) is 7.24. The van der Waals surface area contributed by atoms with E-state index in [2.05, 4.69) is 315 Å². The number of benzene rings is 12. The number of hydrogen-bond acceptors (Lipinski definition) is 3. The summed E-state index contributed by atoms with van der Waals surface area (Å²) in [5.74, 6) is 0. The van der Waals surface area contributed by atoms with Crippen molar-refractivity contribution in [2.75, 3.05) is 14.7 Å². The van der Waals surface area contributed by atoms with E-state index in [9.17, 15) is 0 Å². The third-order valence-corrected chi connectivity index (χ3v) is 15.6. The summed E-state index contributed by atoms with van der Waals surface area (Å²) in [6.45, 7) is 8.73. The van der Waals surface area contributed by atoms with E-state index in [0.717, 1.165) is 69.6 Å². The molecule has 12 aromatic carbocycles. The van der Waals surface area contributed by atoms with Gasteiger partial charge in [-0.05, 0) is 244 Å². The van der Waals surface area contributed by atoms with Gasteiger partial charge in [-0.1, -0.05) is 158 Å². The van der Waals surface area contributed by atoms with Gasteiger partial charge in [0.2, 0.25) is 0 Å². The molecule has 3 heteroatoms. The van der Waals surface area contributed by atoms with Crippen LogP contribution in [0.4, 0.5) is 51.2 Å². The smallest absolute Gasteiger partial charge is 0.0468 e. The van der Waals surface area contributed by atoms with Gasteiger partial charge in [-0.2, -0.15) is 0 Å². The Bertz CT molecular complexity index is 4160. The van der Waals surface area contributed by atoms with Crippen molar-refractivity contribution in [2.24, 2.45) is 0 Å². The van der Waals surface area contributed by atoms with Crippen LogP contribution < -0.4 is 14.7 Å². The Labute approximate surface area is 464 Å². The van der Waals surface area contributed by atoms with Crippen LogP contribution in [0.1, 0.15) is 40.7 Å². The molecule has 0 aromatic heterocycles. The zero-order chi connectivity index (χ0) is 53.4. The fourth-order valence-electron chi connectivity index (χ4n) is 12.0. The molecule has 0 radical (unpaired) electrons. The Morgan fingerprint density at radius 3 is 1.11 bits per heavy atom. The van der Waals surface area contributed by atoms with Crippen molar-refractivity contribution < 1.29 is 0 Å². The topological polar surface area (TPSA) is 9.72 Å². The van der Waals surface area contributed by atoms with E-state index in [1.54, 1.807) is 0 Å². The van der Waals surface area contributed by atoms with Crippen LogP contribution in [0.25, 0.3) is 60.1 Å². The van der Waals surface area contributed by atoms with E-state index in [-0.39, 0.29) is 0 Å². The predicted molar refractivity (Wildman–Crippen MR) is 339 cm³/mol. The standard InChI is InChI=1S/C76H61N3/c1-52-21-17-33-62(45-52)78(63-34-18-22-53(2)46-63)66-41-43-68-72(49-66)73-50-67(79(64-35-19-23-54(3)47-64)65-36-20-24-55(4)48-65)42-44-69(73)76-74(58-27-11-6-12-28-58)70(56-25-9-5-10-26-56)51-71(75(68)76)57-37-39-61(40-38-57)77(59-29-13-7-14-30-59)60-31-15-8-16-32-60/h6-9,11-51H,5,10H2,1-4H3. The Morgan fingerprint density at radius 1 is 0.278 bits per heavy atom. The maximum absolute atomic E-state index is 2.50. The van der Waals surface area contributed by atoms with Gasteiger partial charge in [-0.3, -0.25) is 0 Å². The summed E-state index contributed by atoms with van der Waals surface area (Å²) in [7, 11) is 0. The van der Waals surface area contributed by atoms with Crippen LogP contribution in [0.15, 0.2) is 273 Å². The molecule has 0 atom stereocenters. The highest BCUT2D eigenvalue weighted by Crippen LogP contribution is 2.51. The average molecular weight is 1020 g/mol. The number of para-hydroxylation sites is 2. The number of fused-ring (bicyclic) bond motifs is 6. The Balaban J connectivity index is 1.16. The molecule has 3 nitrogen and oxygen atoms in total. The first kappa shape index (κ1) is 48.9. The predicted octanol–water partition coefficient (Wildman–Crippen LogP) is 21.9. The summed E-state index contributed by atoms with van der Waals surface area (Å²) in [6.07, 6.45) is 9.16. The van der Waals surface area contributed by atoms with Crippen LogP contribution in [-0.2, 0) is 0 Å². The number of anilines is 9. The third kappa shape index (κ3) is 9.44. The van der Waals surface area contributed by atoms with Crippen LogP contribution >= 0.6 is 0 Å². The summed E-state index contributed by atoms with van der Waals surface area (Å²) >= 11 is 0. The average Bonchev–Trinajstić information content (AvgIpc) is 3.67. The minimum Gasteiger partial charge on any atom is -0.311 e. The molecule has 0 unspecified atom stereocenters. The van der Waals surface area contributed by atoms with Gasteiger partial charge in [-0.25, -0.2) is 0 Å². The Morgan fingerprint density at radius 2 is 0.671 bits per heavy atom. The third-order valence-electron chi connectivity index (χ3n) is 15.6. The molecule has 0 fully saturated rings. The normalized spacial score (nSPS) is 12.2. The van der Waals surface area contributed by atoms with Gasteiger partial charge in [0.15, 0.2) is 0 Å². The van der Waals surface area contributed by atoms with Crippen LogP contribution in [0, 0.1) is 27.7 Å². The van der Waals surface area contributed by atoms with Gasteiger partial charge in [0, 0.05) is 51.2 Å². The van der Waals surface area contributed by atoms with Gasteiger partial charge < -0.3 is 14.7 Å². The maximum atomic E-state index is 2.50. The van der Waals surface area contributed by atoms with Gasteiger partial charge >= 0.3 is 0 Å². The summed E-state index contributed by atoms with van der Waals surface area (Å²) in [4.78, 5) is 7.20. The van der Waals surface area contributed by atoms with Crippen LogP contribution in [0.3, 0.4) is 0 Å². The lowest BCUT2D eigenvalue weighted by Crippen LogP contribution is -2.11. The summed E-state index contributed by atoms with van der Waals surface area (Å²) in [6, 6.07) is 94.3. The molecular weight excluding hydrogens is 955 g/mol. The molecule has 0 bridgehead atoms. The van der Waals surface area contributed by atoms with E-state index in [0.29, 0.717) is 0 Å². The lowest BCUT2D eigenvalue weighted by molar-refractivity contribution is 1.04. The SMILES string of the molecule is Cc1cccc(N(c2cccc(C)c2)c2ccc3c(c2)c2cc(N(c4cccc(C)c4)c4cccc(C)c4)ccc2c2c(-c4ccccc4)c(C4=CCCC=C4)cc(-c4ccc(N(c5ccccc5)c5ccccc5)cc4)c32)c1.